The number of hydrogen-bond donors (Lipinski definition) is 1. The van der Waals surface area contributed by atoms with E-state index >= 15 is 0 Å². The summed E-state index contributed by atoms with van der Waals surface area (Å²) in [5.74, 6) is -0.299. The molecule has 0 aliphatic carbocycles. The van der Waals surface area contributed by atoms with E-state index in [4.69, 9.17) is 4.74 Å². The summed E-state index contributed by atoms with van der Waals surface area (Å²) >= 11 is 0. The van der Waals surface area contributed by atoms with Crippen LogP contribution in [0.3, 0.4) is 0 Å². The highest BCUT2D eigenvalue weighted by molar-refractivity contribution is 5.83. The Hall–Kier alpha value is -2.04. The second-order valence-corrected chi connectivity index (χ2v) is 5.10. The molecule has 1 aromatic rings. The van der Waals surface area contributed by atoms with E-state index < -0.39 is 6.04 Å². The summed E-state index contributed by atoms with van der Waals surface area (Å²) in [5, 5.41) is 2.87. The summed E-state index contributed by atoms with van der Waals surface area (Å²) in [6.45, 7) is 3.19. The Morgan fingerprint density at radius 1 is 1.29 bits per heavy atom. The third-order valence-electron chi connectivity index (χ3n) is 3.61. The van der Waals surface area contributed by atoms with Gasteiger partial charge in [0.15, 0.2) is 0 Å². The lowest BCUT2D eigenvalue weighted by Crippen LogP contribution is -2.52. The van der Waals surface area contributed by atoms with Crippen molar-refractivity contribution < 1.29 is 14.3 Å². The van der Waals surface area contributed by atoms with Crippen molar-refractivity contribution in [1.29, 1.82) is 0 Å². The van der Waals surface area contributed by atoms with E-state index in [0.29, 0.717) is 26.1 Å². The number of esters is 1. The highest BCUT2D eigenvalue weighted by Gasteiger charge is 2.32. The first-order chi connectivity index (χ1) is 10.2. The molecule has 1 heterocycles. The predicted octanol–water partition coefficient (Wildman–Crippen LogP) is 2.31. The largest absolute Gasteiger partial charge is 0.464 e. The van der Waals surface area contributed by atoms with Crippen LogP contribution in [0.5, 0.6) is 0 Å². The Labute approximate surface area is 125 Å². The maximum absolute atomic E-state index is 12.3. The number of benzene rings is 1. The zero-order valence-electron chi connectivity index (χ0n) is 12.4. The molecule has 0 radical (unpaired) electrons. The first-order valence-corrected chi connectivity index (χ1v) is 7.47. The zero-order valence-corrected chi connectivity index (χ0v) is 12.4. The van der Waals surface area contributed by atoms with Gasteiger partial charge in [0.1, 0.15) is 6.04 Å². The van der Waals surface area contributed by atoms with Gasteiger partial charge in [-0.05, 0) is 31.7 Å². The molecule has 5 heteroatoms. The number of piperidine rings is 1. The third-order valence-corrected chi connectivity index (χ3v) is 3.61. The second kappa shape index (κ2) is 7.67. The maximum atomic E-state index is 12.3. The molecule has 0 spiro atoms. The Morgan fingerprint density at radius 2 is 2.05 bits per heavy atom. The summed E-state index contributed by atoms with van der Waals surface area (Å²) in [6, 6.07) is 9.07. The van der Waals surface area contributed by atoms with Gasteiger partial charge in [-0.3, -0.25) is 0 Å². The molecule has 2 amide bonds. The molecule has 0 aromatic heterocycles. The fourth-order valence-electron chi connectivity index (χ4n) is 2.53. The average Bonchev–Trinajstić information content (AvgIpc) is 2.54. The van der Waals surface area contributed by atoms with Gasteiger partial charge < -0.3 is 15.0 Å². The van der Waals surface area contributed by atoms with Gasteiger partial charge in [0.25, 0.3) is 0 Å². The Kier molecular flexibility index (Phi) is 5.60. The monoisotopic (exact) mass is 290 g/mol. The number of nitrogens with one attached hydrogen (secondary N) is 1. The summed E-state index contributed by atoms with van der Waals surface area (Å²) in [6.07, 6.45) is 2.55. The van der Waals surface area contributed by atoms with Crippen molar-refractivity contribution in [2.75, 3.05) is 13.2 Å². The number of carbonyl (C=O) groups excluding carboxylic acids is 2. The topological polar surface area (TPSA) is 58.6 Å². The number of hydrogen-bond acceptors (Lipinski definition) is 3. The molecule has 1 atom stereocenters. The van der Waals surface area contributed by atoms with Crippen LogP contribution in [0.2, 0.25) is 0 Å². The summed E-state index contributed by atoms with van der Waals surface area (Å²) in [4.78, 5) is 25.8. The van der Waals surface area contributed by atoms with Gasteiger partial charge in [-0.1, -0.05) is 30.3 Å². The Bertz CT molecular complexity index is 476. The highest BCUT2D eigenvalue weighted by Crippen LogP contribution is 2.18. The second-order valence-electron chi connectivity index (χ2n) is 5.10. The van der Waals surface area contributed by atoms with E-state index in [1.54, 1.807) is 11.8 Å². The van der Waals surface area contributed by atoms with Crippen molar-refractivity contribution in [2.24, 2.45) is 0 Å². The standard InChI is InChI=1S/C16H22N2O3/c1-2-21-15(19)14-10-6-7-11-18(14)16(20)17-12-13-8-4-3-5-9-13/h3-5,8-9,14H,2,6-7,10-12H2,1H3,(H,17,20). The first-order valence-electron chi connectivity index (χ1n) is 7.47. The highest BCUT2D eigenvalue weighted by atomic mass is 16.5. The molecule has 1 aromatic carbocycles. The molecule has 1 aliphatic heterocycles. The van der Waals surface area contributed by atoms with Crippen molar-refractivity contribution in [3.05, 3.63) is 35.9 Å². The molecule has 1 fully saturated rings. The number of nitrogens with zero attached hydrogens (tertiary/aromatic N) is 1. The Balaban J connectivity index is 1.93. The molecule has 1 unspecified atom stereocenters. The molecule has 21 heavy (non-hydrogen) atoms. The van der Waals surface area contributed by atoms with E-state index in [0.717, 1.165) is 18.4 Å². The molecule has 2 rings (SSSR count). The van der Waals surface area contributed by atoms with E-state index in [2.05, 4.69) is 5.32 Å². The van der Waals surface area contributed by atoms with E-state index in [1.807, 2.05) is 30.3 Å². The number of rotatable bonds is 4. The lowest BCUT2D eigenvalue weighted by atomic mass is 10.0. The fourth-order valence-corrected chi connectivity index (χ4v) is 2.53. The van der Waals surface area contributed by atoms with Crippen molar-refractivity contribution >= 4 is 12.0 Å². The van der Waals surface area contributed by atoms with E-state index in [1.165, 1.54) is 0 Å². The molecular weight excluding hydrogens is 268 g/mol. The van der Waals surface area contributed by atoms with Crippen molar-refractivity contribution in [2.45, 2.75) is 38.8 Å². The van der Waals surface area contributed by atoms with Crippen LogP contribution in [-0.2, 0) is 16.1 Å². The number of carbonyl (C=O) groups is 2. The molecule has 5 nitrogen and oxygen atoms in total. The van der Waals surface area contributed by atoms with Gasteiger partial charge in [-0.25, -0.2) is 9.59 Å². The number of urea groups is 1. The minimum Gasteiger partial charge on any atom is -0.464 e. The van der Waals surface area contributed by atoms with Crippen LogP contribution < -0.4 is 5.32 Å². The first kappa shape index (κ1) is 15.4. The van der Waals surface area contributed by atoms with Crippen LogP contribution >= 0.6 is 0 Å². The number of likely N-dealkylation sites (tertiary alicyclic amines) is 1. The number of amides is 2. The van der Waals surface area contributed by atoms with Gasteiger partial charge >= 0.3 is 12.0 Å². The lowest BCUT2D eigenvalue weighted by molar-refractivity contribution is -0.149. The molecule has 1 saturated heterocycles. The minimum atomic E-state index is -0.450. The van der Waals surface area contributed by atoms with Crippen LogP contribution in [0.25, 0.3) is 0 Å². The quantitative estimate of drug-likeness (QED) is 0.866. The zero-order chi connectivity index (χ0) is 15.1. The molecule has 1 N–H and O–H groups in total. The molecular formula is C16H22N2O3. The average molecular weight is 290 g/mol. The molecule has 1 aliphatic rings. The summed E-state index contributed by atoms with van der Waals surface area (Å²) in [7, 11) is 0. The lowest BCUT2D eigenvalue weighted by Gasteiger charge is -2.33. The molecule has 0 saturated carbocycles. The van der Waals surface area contributed by atoms with Crippen LogP contribution in [0.1, 0.15) is 31.7 Å². The summed E-state index contributed by atoms with van der Waals surface area (Å²) < 4.78 is 5.06. The minimum absolute atomic E-state index is 0.198. The maximum Gasteiger partial charge on any atom is 0.328 e. The van der Waals surface area contributed by atoms with Crippen LogP contribution in [0, 0.1) is 0 Å². The van der Waals surface area contributed by atoms with Gasteiger partial charge in [0.2, 0.25) is 0 Å². The SMILES string of the molecule is CCOC(=O)C1CCCCN1C(=O)NCc1ccccc1. The van der Waals surface area contributed by atoms with Gasteiger partial charge in [-0.15, -0.1) is 0 Å². The molecule has 114 valence electrons. The smallest absolute Gasteiger partial charge is 0.328 e. The third kappa shape index (κ3) is 4.21. The molecule has 0 bridgehead atoms. The van der Waals surface area contributed by atoms with Crippen molar-refractivity contribution in [3.63, 3.8) is 0 Å². The number of ether oxygens (including phenoxy) is 1. The van der Waals surface area contributed by atoms with Crippen LogP contribution in [0.4, 0.5) is 4.79 Å². The van der Waals surface area contributed by atoms with Crippen molar-refractivity contribution in [3.8, 4) is 0 Å². The van der Waals surface area contributed by atoms with Crippen LogP contribution in [0.15, 0.2) is 30.3 Å². The van der Waals surface area contributed by atoms with E-state index in [9.17, 15) is 9.59 Å². The predicted molar refractivity (Wildman–Crippen MR) is 79.7 cm³/mol. The van der Waals surface area contributed by atoms with E-state index in [-0.39, 0.29) is 12.0 Å². The van der Waals surface area contributed by atoms with Gasteiger partial charge in [0.05, 0.1) is 6.61 Å². The Morgan fingerprint density at radius 3 is 2.76 bits per heavy atom. The van der Waals surface area contributed by atoms with Crippen LogP contribution in [-0.4, -0.2) is 36.1 Å². The fraction of sp³-hybridized carbons (Fsp3) is 0.500. The van der Waals surface area contributed by atoms with Gasteiger partial charge in [0, 0.05) is 13.1 Å². The summed E-state index contributed by atoms with van der Waals surface area (Å²) in [5.41, 5.74) is 1.04. The van der Waals surface area contributed by atoms with Gasteiger partial charge in [-0.2, -0.15) is 0 Å². The van der Waals surface area contributed by atoms with Crippen molar-refractivity contribution in [1.82, 2.24) is 10.2 Å². The normalized spacial score (nSPS) is 18.1.